The molecular weight excluding hydrogens is 204 g/mol. The smallest absolute Gasteiger partial charge is 0.135 e. The maximum Gasteiger partial charge on any atom is 0.135 e. The summed E-state index contributed by atoms with van der Waals surface area (Å²) in [7, 11) is 1.73. The van der Waals surface area contributed by atoms with Gasteiger partial charge >= 0.3 is 0 Å². The molecule has 5 heteroatoms. The lowest BCUT2D eigenvalue weighted by Crippen LogP contribution is -2.32. The van der Waals surface area contributed by atoms with Gasteiger partial charge in [-0.15, -0.1) is 10.2 Å². The van der Waals surface area contributed by atoms with Crippen molar-refractivity contribution < 1.29 is 4.74 Å². The lowest BCUT2D eigenvalue weighted by Gasteiger charge is -2.13. The number of methoxy groups -OCH3 is 1. The maximum atomic E-state index is 5.07. The number of nitrogens with one attached hydrogen (secondary N) is 1. The fraction of sp³-hybridized carbons (Fsp3) is 0.818. The molecule has 2 rings (SSSR count). The summed E-state index contributed by atoms with van der Waals surface area (Å²) in [6.45, 7) is 4.74. The number of hydrogen-bond donors (Lipinski definition) is 1. The quantitative estimate of drug-likeness (QED) is 0.743. The van der Waals surface area contributed by atoms with Gasteiger partial charge in [0, 0.05) is 32.2 Å². The number of nitrogens with zero attached hydrogens (tertiary/aromatic N) is 3. The van der Waals surface area contributed by atoms with E-state index in [1.807, 2.05) is 6.33 Å². The molecule has 1 N–H and O–H groups in total. The Bertz CT molecular complexity index is 322. The molecule has 0 bridgehead atoms. The Kier molecular flexibility index (Phi) is 3.90. The van der Waals surface area contributed by atoms with Crippen LogP contribution in [0.4, 0.5) is 0 Å². The Hall–Kier alpha value is -0.940. The zero-order chi connectivity index (χ0) is 11.4. The predicted molar refractivity (Wildman–Crippen MR) is 61.3 cm³/mol. The molecule has 1 aliphatic carbocycles. The molecule has 90 valence electrons. The van der Waals surface area contributed by atoms with E-state index in [4.69, 9.17) is 4.74 Å². The molecule has 0 saturated heterocycles. The standard InChI is InChI=1S/C11H20N4O/c1-9(7-16-2)12-5-6-15-8-13-14-11(15)10-3-4-10/h8-10,12H,3-7H2,1-2H3. The fourth-order valence-electron chi connectivity index (χ4n) is 1.83. The van der Waals surface area contributed by atoms with Crippen molar-refractivity contribution in [3.8, 4) is 0 Å². The van der Waals surface area contributed by atoms with Crippen molar-refractivity contribution in [1.29, 1.82) is 0 Å². The van der Waals surface area contributed by atoms with E-state index in [2.05, 4.69) is 27.0 Å². The topological polar surface area (TPSA) is 52.0 Å². The summed E-state index contributed by atoms with van der Waals surface area (Å²) in [5.41, 5.74) is 0. The first-order valence-electron chi connectivity index (χ1n) is 5.91. The molecule has 1 heterocycles. The van der Waals surface area contributed by atoms with E-state index in [0.29, 0.717) is 12.0 Å². The van der Waals surface area contributed by atoms with Gasteiger partial charge in [-0.1, -0.05) is 0 Å². The minimum atomic E-state index is 0.394. The van der Waals surface area contributed by atoms with Crippen LogP contribution in [0.1, 0.15) is 31.5 Å². The molecule has 0 amide bonds. The molecule has 1 saturated carbocycles. The number of aromatic nitrogens is 3. The molecule has 0 aromatic carbocycles. The lowest BCUT2D eigenvalue weighted by molar-refractivity contribution is 0.172. The number of ether oxygens (including phenoxy) is 1. The van der Waals surface area contributed by atoms with Crippen molar-refractivity contribution in [3.05, 3.63) is 12.2 Å². The third-order valence-electron chi connectivity index (χ3n) is 2.85. The molecule has 1 atom stereocenters. The molecule has 0 spiro atoms. The van der Waals surface area contributed by atoms with Gasteiger partial charge in [0.1, 0.15) is 12.2 Å². The molecule has 5 nitrogen and oxygen atoms in total. The number of hydrogen-bond acceptors (Lipinski definition) is 4. The average Bonchev–Trinajstić information content (AvgIpc) is 3.00. The molecular formula is C11H20N4O. The van der Waals surface area contributed by atoms with Gasteiger partial charge in [-0.05, 0) is 19.8 Å². The summed E-state index contributed by atoms with van der Waals surface area (Å²) in [5.74, 6) is 1.82. The third kappa shape index (κ3) is 3.02. The molecule has 1 aromatic rings. The summed E-state index contributed by atoms with van der Waals surface area (Å²) >= 11 is 0. The fourth-order valence-corrected chi connectivity index (χ4v) is 1.83. The van der Waals surface area contributed by atoms with Crippen LogP contribution < -0.4 is 5.32 Å². The monoisotopic (exact) mass is 224 g/mol. The van der Waals surface area contributed by atoms with Gasteiger partial charge in [0.15, 0.2) is 0 Å². The van der Waals surface area contributed by atoms with Crippen LogP contribution in [0.5, 0.6) is 0 Å². The van der Waals surface area contributed by atoms with Gasteiger partial charge < -0.3 is 14.6 Å². The minimum absolute atomic E-state index is 0.394. The second-order valence-corrected chi connectivity index (χ2v) is 4.47. The van der Waals surface area contributed by atoms with E-state index in [9.17, 15) is 0 Å². The largest absolute Gasteiger partial charge is 0.383 e. The van der Waals surface area contributed by atoms with E-state index in [0.717, 1.165) is 25.5 Å². The molecule has 1 aromatic heterocycles. The minimum Gasteiger partial charge on any atom is -0.383 e. The van der Waals surface area contributed by atoms with E-state index >= 15 is 0 Å². The highest BCUT2D eigenvalue weighted by Gasteiger charge is 2.28. The van der Waals surface area contributed by atoms with Crippen LogP contribution in [-0.4, -0.2) is 41.1 Å². The van der Waals surface area contributed by atoms with Crippen LogP contribution in [0.25, 0.3) is 0 Å². The maximum absolute atomic E-state index is 5.07. The second kappa shape index (κ2) is 5.41. The summed E-state index contributed by atoms with van der Waals surface area (Å²) in [5, 5.41) is 11.6. The first-order valence-corrected chi connectivity index (χ1v) is 5.91. The van der Waals surface area contributed by atoms with Gasteiger partial charge in [-0.25, -0.2) is 0 Å². The van der Waals surface area contributed by atoms with Gasteiger partial charge in [0.05, 0.1) is 6.61 Å². The zero-order valence-corrected chi connectivity index (χ0v) is 10.0. The Balaban J connectivity index is 1.74. The molecule has 1 unspecified atom stereocenters. The highest BCUT2D eigenvalue weighted by Crippen LogP contribution is 2.38. The normalized spacial score (nSPS) is 17.6. The second-order valence-electron chi connectivity index (χ2n) is 4.47. The van der Waals surface area contributed by atoms with Crippen LogP contribution in [0.15, 0.2) is 6.33 Å². The van der Waals surface area contributed by atoms with E-state index in [-0.39, 0.29) is 0 Å². The van der Waals surface area contributed by atoms with Crippen molar-refractivity contribution in [2.45, 2.75) is 38.3 Å². The zero-order valence-electron chi connectivity index (χ0n) is 10.0. The molecule has 0 aliphatic heterocycles. The third-order valence-corrected chi connectivity index (χ3v) is 2.85. The van der Waals surface area contributed by atoms with Crippen molar-refractivity contribution in [2.75, 3.05) is 20.3 Å². The van der Waals surface area contributed by atoms with Crippen molar-refractivity contribution in [3.63, 3.8) is 0 Å². The first kappa shape index (κ1) is 11.5. The lowest BCUT2D eigenvalue weighted by atomic mass is 10.3. The molecule has 16 heavy (non-hydrogen) atoms. The Morgan fingerprint density at radius 2 is 2.44 bits per heavy atom. The highest BCUT2D eigenvalue weighted by molar-refractivity contribution is 5.04. The first-order chi connectivity index (χ1) is 7.81. The van der Waals surface area contributed by atoms with Crippen LogP contribution in [0, 0.1) is 0 Å². The van der Waals surface area contributed by atoms with Crippen molar-refractivity contribution in [2.24, 2.45) is 0 Å². The molecule has 0 radical (unpaired) electrons. The summed E-state index contributed by atoms with van der Waals surface area (Å²) in [4.78, 5) is 0. The average molecular weight is 224 g/mol. The predicted octanol–water partition coefficient (Wildman–Crippen LogP) is 0.780. The van der Waals surface area contributed by atoms with Gasteiger partial charge in [0.2, 0.25) is 0 Å². The Labute approximate surface area is 96.2 Å². The van der Waals surface area contributed by atoms with E-state index in [1.54, 1.807) is 7.11 Å². The summed E-state index contributed by atoms with van der Waals surface area (Å²) < 4.78 is 7.23. The van der Waals surface area contributed by atoms with Crippen LogP contribution in [0.2, 0.25) is 0 Å². The van der Waals surface area contributed by atoms with Crippen LogP contribution >= 0.6 is 0 Å². The van der Waals surface area contributed by atoms with Crippen LogP contribution in [0.3, 0.4) is 0 Å². The summed E-state index contributed by atoms with van der Waals surface area (Å²) in [6.07, 6.45) is 4.37. The summed E-state index contributed by atoms with van der Waals surface area (Å²) in [6, 6.07) is 0.394. The van der Waals surface area contributed by atoms with Gasteiger partial charge in [0.25, 0.3) is 0 Å². The van der Waals surface area contributed by atoms with Gasteiger partial charge in [-0.2, -0.15) is 0 Å². The molecule has 1 aliphatic rings. The Morgan fingerprint density at radius 3 is 3.12 bits per heavy atom. The Morgan fingerprint density at radius 1 is 1.62 bits per heavy atom. The SMILES string of the molecule is COCC(C)NCCn1cnnc1C1CC1. The van der Waals surface area contributed by atoms with E-state index in [1.165, 1.54) is 12.8 Å². The number of rotatable bonds is 7. The van der Waals surface area contributed by atoms with Gasteiger partial charge in [-0.3, -0.25) is 0 Å². The highest BCUT2D eigenvalue weighted by atomic mass is 16.5. The molecule has 1 fully saturated rings. The van der Waals surface area contributed by atoms with E-state index < -0.39 is 0 Å². The van der Waals surface area contributed by atoms with Crippen molar-refractivity contribution >= 4 is 0 Å². The van der Waals surface area contributed by atoms with Crippen molar-refractivity contribution in [1.82, 2.24) is 20.1 Å². The van der Waals surface area contributed by atoms with Crippen LogP contribution in [-0.2, 0) is 11.3 Å².